The first-order valence-corrected chi connectivity index (χ1v) is 2.46. The second-order valence-corrected chi connectivity index (χ2v) is 1.58. The molecule has 1 rings (SSSR count). The third-order valence-electron chi connectivity index (χ3n) is 0.956. The number of aliphatic hydroxyl groups excluding tert-OH is 1. The molecule has 4 nitrogen and oxygen atoms in total. The molecule has 1 heterocycles. The Morgan fingerprint density at radius 1 is 1.62 bits per heavy atom. The van der Waals surface area contributed by atoms with Gasteiger partial charge in [-0.2, -0.15) is 0 Å². The maximum Gasteiger partial charge on any atom is 0.238 e. The van der Waals surface area contributed by atoms with E-state index < -0.39 is 6.41 Å². The van der Waals surface area contributed by atoms with Gasteiger partial charge in [0.05, 0.1) is 13.2 Å². The average molecular weight is 119 g/mol. The lowest BCUT2D eigenvalue weighted by Crippen LogP contribution is -2.40. The molecule has 1 atom stereocenters. The molecular weight excluding hydrogens is 110 g/mol. The van der Waals surface area contributed by atoms with Gasteiger partial charge in [0.25, 0.3) is 0 Å². The Hall–Kier alpha value is -0.160. The highest BCUT2D eigenvalue weighted by Crippen LogP contribution is 2.00. The number of ether oxygens (including phenoxy) is 1. The Bertz CT molecular complexity index is 67.7. The minimum absolute atomic E-state index is 0.464. The molecule has 0 aliphatic carbocycles. The molecule has 8 heavy (non-hydrogen) atoms. The van der Waals surface area contributed by atoms with Gasteiger partial charge in [-0.15, -0.1) is 5.06 Å². The number of aliphatic hydroxyl groups is 1. The number of rotatable bonds is 0. The molecule has 48 valence electrons. The Labute approximate surface area is 47.6 Å². The van der Waals surface area contributed by atoms with Crippen LogP contribution in [0.3, 0.4) is 0 Å². The highest BCUT2D eigenvalue weighted by molar-refractivity contribution is 4.37. The maximum absolute atomic E-state index is 8.76. The minimum Gasteiger partial charge on any atom is -0.354 e. The summed E-state index contributed by atoms with van der Waals surface area (Å²) in [4.78, 5) is 4.85. The molecule has 0 saturated carbocycles. The van der Waals surface area contributed by atoms with E-state index in [9.17, 15) is 0 Å². The number of nitrogens with zero attached hydrogens (tertiary/aromatic N) is 1. The first-order chi connectivity index (χ1) is 3.80. The normalized spacial score (nSPS) is 33.0. The van der Waals surface area contributed by atoms with Gasteiger partial charge in [0, 0.05) is 7.05 Å². The summed E-state index contributed by atoms with van der Waals surface area (Å²) in [6.45, 7) is 0.985. The molecule has 0 spiro atoms. The fourth-order valence-corrected chi connectivity index (χ4v) is 0.504. The monoisotopic (exact) mass is 119 g/mol. The summed E-state index contributed by atoms with van der Waals surface area (Å²) >= 11 is 0. The van der Waals surface area contributed by atoms with Crippen molar-refractivity contribution < 1.29 is 14.7 Å². The van der Waals surface area contributed by atoms with E-state index in [0.29, 0.717) is 13.2 Å². The van der Waals surface area contributed by atoms with E-state index in [4.69, 9.17) is 14.7 Å². The zero-order valence-electron chi connectivity index (χ0n) is 4.70. The first kappa shape index (κ1) is 5.97. The van der Waals surface area contributed by atoms with Gasteiger partial charge < -0.3 is 9.84 Å². The molecule has 1 fully saturated rings. The molecule has 1 saturated heterocycles. The lowest BCUT2D eigenvalue weighted by molar-refractivity contribution is -0.352. The van der Waals surface area contributed by atoms with E-state index in [2.05, 4.69) is 0 Å². The highest BCUT2D eigenvalue weighted by Gasteiger charge is 2.15. The van der Waals surface area contributed by atoms with Crippen LogP contribution in [-0.4, -0.2) is 36.8 Å². The van der Waals surface area contributed by atoms with Crippen molar-refractivity contribution in [1.82, 2.24) is 5.06 Å². The van der Waals surface area contributed by atoms with Gasteiger partial charge in [0.2, 0.25) is 6.41 Å². The molecule has 0 aromatic heterocycles. The summed E-state index contributed by atoms with van der Waals surface area (Å²) < 4.78 is 4.75. The van der Waals surface area contributed by atoms with Crippen molar-refractivity contribution >= 4 is 0 Å². The van der Waals surface area contributed by atoms with E-state index in [1.54, 1.807) is 7.05 Å². The van der Waals surface area contributed by atoms with Crippen molar-refractivity contribution in [3.8, 4) is 0 Å². The third-order valence-corrected chi connectivity index (χ3v) is 0.956. The quantitative estimate of drug-likeness (QED) is 0.451. The summed E-state index contributed by atoms with van der Waals surface area (Å²) in [5.74, 6) is 0. The summed E-state index contributed by atoms with van der Waals surface area (Å²) in [6.07, 6.45) is -0.885. The Balaban J connectivity index is 2.28. The highest BCUT2D eigenvalue weighted by atomic mass is 16.8. The van der Waals surface area contributed by atoms with E-state index >= 15 is 0 Å². The summed E-state index contributed by atoms with van der Waals surface area (Å²) in [6, 6.07) is 0. The summed E-state index contributed by atoms with van der Waals surface area (Å²) in [5, 5.41) is 10.0. The topological polar surface area (TPSA) is 41.9 Å². The van der Waals surface area contributed by atoms with Crippen molar-refractivity contribution in [3.05, 3.63) is 0 Å². The maximum atomic E-state index is 8.76. The Morgan fingerprint density at radius 2 is 2.38 bits per heavy atom. The van der Waals surface area contributed by atoms with Crippen LogP contribution in [0.2, 0.25) is 0 Å². The van der Waals surface area contributed by atoms with Crippen molar-refractivity contribution in [2.24, 2.45) is 0 Å². The van der Waals surface area contributed by atoms with Gasteiger partial charge in [-0.25, -0.2) is 0 Å². The predicted molar refractivity (Wildman–Crippen MR) is 25.7 cm³/mol. The molecule has 1 aliphatic heterocycles. The van der Waals surface area contributed by atoms with E-state index in [1.807, 2.05) is 0 Å². The largest absolute Gasteiger partial charge is 0.354 e. The van der Waals surface area contributed by atoms with Crippen LogP contribution in [0.25, 0.3) is 0 Å². The smallest absolute Gasteiger partial charge is 0.238 e. The standard InChI is InChI=1S/C4H9NO3/c1-5-4(6)7-2-3-8-5/h4,6H,2-3H2,1H3. The molecule has 0 bridgehead atoms. The summed E-state index contributed by atoms with van der Waals surface area (Å²) in [5.41, 5.74) is 0. The molecule has 1 unspecified atom stereocenters. The zero-order chi connectivity index (χ0) is 5.98. The van der Waals surface area contributed by atoms with E-state index in [-0.39, 0.29) is 0 Å². The number of hydrogen-bond acceptors (Lipinski definition) is 4. The third kappa shape index (κ3) is 1.16. The van der Waals surface area contributed by atoms with Gasteiger partial charge in [-0.3, -0.25) is 4.84 Å². The molecule has 0 amide bonds. The van der Waals surface area contributed by atoms with Crippen LogP contribution in [0.4, 0.5) is 0 Å². The molecule has 1 aliphatic rings. The number of hydroxylamine groups is 2. The van der Waals surface area contributed by atoms with Crippen molar-refractivity contribution in [2.45, 2.75) is 6.41 Å². The van der Waals surface area contributed by atoms with Crippen LogP contribution in [0.15, 0.2) is 0 Å². The van der Waals surface area contributed by atoms with Crippen molar-refractivity contribution in [1.29, 1.82) is 0 Å². The average Bonchev–Trinajstić information content (AvgIpc) is 1.77. The Kier molecular flexibility index (Phi) is 1.80. The molecule has 0 aromatic carbocycles. The second-order valence-electron chi connectivity index (χ2n) is 1.58. The molecule has 4 heteroatoms. The van der Waals surface area contributed by atoms with Crippen LogP contribution < -0.4 is 0 Å². The zero-order valence-corrected chi connectivity index (χ0v) is 4.70. The second kappa shape index (κ2) is 2.41. The molecule has 0 aromatic rings. The van der Waals surface area contributed by atoms with Crippen LogP contribution >= 0.6 is 0 Å². The van der Waals surface area contributed by atoms with Gasteiger partial charge in [0.15, 0.2) is 0 Å². The molecular formula is C4H9NO3. The SMILES string of the molecule is CN1OCCOC1O. The van der Waals surface area contributed by atoms with E-state index in [1.165, 1.54) is 5.06 Å². The van der Waals surface area contributed by atoms with Crippen molar-refractivity contribution in [3.63, 3.8) is 0 Å². The van der Waals surface area contributed by atoms with E-state index in [0.717, 1.165) is 0 Å². The van der Waals surface area contributed by atoms with Crippen LogP contribution in [0, 0.1) is 0 Å². The van der Waals surface area contributed by atoms with Crippen LogP contribution in [0.5, 0.6) is 0 Å². The molecule has 1 N–H and O–H groups in total. The predicted octanol–water partition coefficient (Wildman–Crippen LogP) is -0.844. The van der Waals surface area contributed by atoms with Gasteiger partial charge in [-0.05, 0) is 0 Å². The van der Waals surface area contributed by atoms with Crippen LogP contribution in [0.1, 0.15) is 0 Å². The summed E-state index contributed by atoms with van der Waals surface area (Å²) in [7, 11) is 1.61. The fourth-order valence-electron chi connectivity index (χ4n) is 0.504. The van der Waals surface area contributed by atoms with Gasteiger partial charge in [-0.1, -0.05) is 0 Å². The van der Waals surface area contributed by atoms with Crippen LogP contribution in [-0.2, 0) is 9.57 Å². The van der Waals surface area contributed by atoms with Gasteiger partial charge >= 0.3 is 0 Å². The lowest BCUT2D eigenvalue weighted by atomic mass is 10.7. The first-order valence-electron chi connectivity index (χ1n) is 2.46. The Morgan fingerprint density at radius 3 is 2.75 bits per heavy atom. The van der Waals surface area contributed by atoms with Crippen molar-refractivity contribution in [2.75, 3.05) is 20.3 Å². The molecule has 0 radical (unpaired) electrons. The number of hydrogen-bond donors (Lipinski definition) is 1. The fraction of sp³-hybridized carbons (Fsp3) is 1.00. The lowest BCUT2D eigenvalue weighted by Gasteiger charge is -2.26. The minimum atomic E-state index is -0.885. The van der Waals surface area contributed by atoms with Gasteiger partial charge in [0.1, 0.15) is 0 Å².